The smallest absolute Gasteiger partial charge is 0.138 e. The topological polar surface area (TPSA) is 26.3 Å². The van der Waals surface area contributed by atoms with Gasteiger partial charge in [-0.15, -0.1) is 0 Å². The van der Waals surface area contributed by atoms with Gasteiger partial charge in [0.15, 0.2) is 0 Å². The number of rotatable bonds is 4. The van der Waals surface area contributed by atoms with Crippen LogP contribution in [0.5, 0.6) is 0 Å². The van der Waals surface area contributed by atoms with Crippen LogP contribution in [-0.4, -0.2) is 19.5 Å². The summed E-state index contributed by atoms with van der Waals surface area (Å²) in [6.07, 6.45) is 14.6. The SMILES string of the molecule is COCCC(=O)[C@H]1CC[C@H]2[C@@H]3CC[C@@H]4CCCC[C@]4(C)[C@H]3CC[C@]12C. The van der Waals surface area contributed by atoms with Gasteiger partial charge in [0.2, 0.25) is 0 Å². The predicted octanol–water partition coefficient (Wildman–Crippen LogP) is 5.64. The number of ketones is 1. The zero-order chi connectivity index (χ0) is 17.7. The van der Waals surface area contributed by atoms with Gasteiger partial charge in [-0.05, 0) is 85.9 Å². The highest BCUT2D eigenvalue weighted by Gasteiger charge is 2.60. The molecule has 0 spiro atoms. The molecule has 142 valence electrons. The third-order valence-electron chi connectivity index (χ3n) is 9.52. The predicted molar refractivity (Wildman–Crippen MR) is 101 cm³/mol. The average molecular weight is 347 g/mol. The molecular weight excluding hydrogens is 308 g/mol. The molecule has 4 aliphatic rings. The number of hydrogen-bond donors (Lipinski definition) is 0. The van der Waals surface area contributed by atoms with Gasteiger partial charge in [-0.1, -0.05) is 26.7 Å². The summed E-state index contributed by atoms with van der Waals surface area (Å²) in [6.45, 7) is 5.72. The van der Waals surface area contributed by atoms with Crippen molar-refractivity contribution in [1.82, 2.24) is 0 Å². The fourth-order valence-corrected chi connectivity index (χ4v) is 8.20. The summed E-state index contributed by atoms with van der Waals surface area (Å²) >= 11 is 0. The van der Waals surface area contributed by atoms with Gasteiger partial charge in [-0.3, -0.25) is 4.79 Å². The van der Waals surface area contributed by atoms with E-state index >= 15 is 0 Å². The van der Waals surface area contributed by atoms with Crippen molar-refractivity contribution in [3.05, 3.63) is 0 Å². The second kappa shape index (κ2) is 6.66. The lowest BCUT2D eigenvalue weighted by molar-refractivity contribution is -0.136. The minimum atomic E-state index is 0.282. The van der Waals surface area contributed by atoms with Crippen molar-refractivity contribution >= 4 is 5.78 Å². The summed E-state index contributed by atoms with van der Waals surface area (Å²) in [4.78, 5) is 12.8. The van der Waals surface area contributed by atoms with Crippen molar-refractivity contribution in [2.75, 3.05) is 13.7 Å². The van der Waals surface area contributed by atoms with Crippen LogP contribution in [0.15, 0.2) is 0 Å². The Labute approximate surface area is 154 Å². The average Bonchev–Trinajstić information content (AvgIpc) is 2.96. The molecule has 0 amide bonds. The maximum absolute atomic E-state index is 12.8. The molecule has 0 saturated heterocycles. The van der Waals surface area contributed by atoms with Gasteiger partial charge in [0.25, 0.3) is 0 Å². The van der Waals surface area contributed by atoms with Crippen LogP contribution in [0.3, 0.4) is 0 Å². The third kappa shape index (κ3) is 2.73. The summed E-state index contributed by atoms with van der Waals surface area (Å²) in [5, 5.41) is 0. The zero-order valence-corrected chi connectivity index (χ0v) is 16.7. The summed E-state index contributed by atoms with van der Waals surface area (Å²) in [5.74, 6) is 4.44. The molecule has 2 nitrogen and oxygen atoms in total. The van der Waals surface area contributed by atoms with E-state index in [1.54, 1.807) is 7.11 Å². The van der Waals surface area contributed by atoms with Crippen molar-refractivity contribution < 1.29 is 9.53 Å². The number of carbonyl (C=O) groups is 1. The van der Waals surface area contributed by atoms with E-state index in [0.717, 1.165) is 30.1 Å². The zero-order valence-electron chi connectivity index (χ0n) is 16.7. The highest BCUT2D eigenvalue weighted by atomic mass is 16.5. The van der Waals surface area contributed by atoms with Crippen LogP contribution in [-0.2, 0) is 9.53 Å². The molecule has 0 unspecified atom stereocenters. The Bertz CT molecular complexity index is 514. The van der Waals surface area contributed by atoms with Crippen molar-refractivity contribution in [2.24, 2.45) is 40.4 Å². The van der Waals surface area contributed by atoms with Crippen LogP contribution < -0.4 is 0 Å². The van der Waals surface area contributed by atoms with E-state index in [4.69, 9.17) is 4.74 Å². The van der Waals surface area contributed by atoms with E-state index in [2.05, 4.69) is 13.8 Å². The lowest BCUT2D eigenvalue weighted by Crippen LogP contribution is -2.53. The largest absolute Gasteiger partial charge is 0.384 e. The number of hydrogen-bond acceptors (Lipinski definition) is 2. The first-order chi connectivity index (χ1) is 12.0. The molecule has 0 aromatic heterocycles. The fourth-order valence-electron chi connectivity index (χ4n) is 8.20. The van der Waals surface area contributed by atoms with Crippen molar-refractivity contribution in [2.45, 2.75) is 84.5 Å². The maximum atomic E-state index is 12.8. The quantitative estimate of drug-likeness (QED) is 0.658. The lowest BCUT2D eigenvalue weighted by atomic mass is 9.45. The Kier molecular flexibility index (Phi) is 4.80. The number of fused-ring (bicyclic) bond motifs is 5. The van der Waals surface area contributed by atoms with Crippen molar-refractivity contribution in [3.8, 4) is 0 Å². The Balaban J connectivity index is 1.54. The maximum Gasteiger partial charge on any atom is 0.138 e. The van der Waals surface area contributed by atoms with Crippen LogP contribution in [0, 0.1) is 40.4 Å². The van der Waals surface area contributed by atoms with Crippen LogP contribution >= 0.6 is 0 Å². The van der Waals surface area contributed by atoms with Gasteiger partial charge in [0.1, 0.15) is 5.78 Å². The van der Waals surface area contributed by atoms with Crippen LogP contribution in [0.25, 0.3) is 0 Å². The summed E-state index contributed by atoms with van der Waals surface area (Å²) in [5.41, 5.74) is 0.893. The van der Waals surface area contributed by atoms with Crippen LogP contribution in [0.4, 0.5) is 0 Å². The van der Waals surface area contributed by atoms with E-state index < -0.39 is 0 Å². The van der Waals surface area contributed by atoms with Gasteiger partial charge in [-0.25, -0.2) is 0 Å². The molecule has 4 aliphatic carbocycles. The van der Waals surface area contributed by atoms with E-state index in [1.165, 1.54) is 57.8 Å². The molecule has 0 radical (unpaired) electrons. The normalized spacial score (nSPS) is 49.2. The second-order valence-corrected chi connectivity index (χ2v) is 10.3. The number of ether oxygens (including phenoxy) is 1. The molecule has 7 atom stereocenters. The molecule has 0 bridgehead atoms. The number of Topliss-reactive ketones (excluding diaryl/α,β-unsaturated/α-hetero) is 1. The minimum absolute atomic E-state index is 0.282. The molecule has 4 rings (SSSR count). The van der Waals surface area contributed by atoms with Gasteiger partial charge >= 0.3 is 0 Å². The Hall–Kier alpha value is -0.370. The summed E-state index contributed by atoms with van der Waals surface area (Å²) in [6, 6.07) is 0. The molecule has 0 aromatic carbocycles. The minimum Gasteiger partial charge on any atom is -0.384 e. The van der Waals surface area contributed by atoms with Gasteiger partial charge in [-0.2, -0.15) is 0 Å². The number of carbonyl (C=O) groups excluding carboxylic acids is 1. The van der Waals surface area contributed by atoms with E-state index in [9.17, 15) is 4.79 Å². The molecule has 0 aromatic rings. The second-order valence-electron chi connectivity index (χ2n) is 10.3. The first-order valence-corrected chi connectivity index (χ1v) is 11.0. The van der Waals surface area contributed by atoms with E-state index in [-0.39, 0.29) is 5.41 Å². The highest BCUT2D eigenvalue weighted by molar-refractivity contribution is 5.82. The van der Waals surface area contributed by atoms with Crippen LogP contribution in [0.1, 0.15) is 84.5 Å². The molecule has 4 fully saturated rings. The lowest BCUT2D eigenvalue weighted by Gasteiger charge is -2.60. The first kappa shape index (κ1) is 18.0. The molecular formula is C23H38O2. The van der Waals surface area contributed by atoms with E-state index in [0.29, 0.717) is 30.1 Å². The van der Waals surface area contributed by atoms with Gasteiger partial charge in [0, 0.05) is 19.4 Å². The third-order valence-corrected chi connectivity index (χ3v) is 9.52. The Morgan fingerprint density at radius 1 is 0.920 bits per heavy atom. The standard InChI is InChI=1S/C23H38O2/c1-22-13-5-4-6-16(22)7-8-17-18-9-10-20(21(24)12-15-25-3)23(18,2)14-11-19(17)22/h16-20H,4-15H2,1-3H3/t16-,17-,18-,19-,20+,22-,23-/m0/s1. The highest BCUT2D eigenvalue weighted by Crippen LogP contribution is 2.67. The summed E-state index contributed by atoms with van der Waals surface area (Å²) < 4.78 is 5.18. The summed E-state index contributed by atoms with van der Waals surface area (Å²) in [7, 11) is 1.71. The van der Waals surface area contributed by atoms with Crippen molar-refractivity contribution in [1.29, 1.82) is 0 Å². The molecule has 4 saturated carbocycles. The van der Waals surface area contributed by atoms with Crippen LogP contribution in [0.2, 0.25) is 0 Å². The molecule has 2 heteroatoms. The van der Waals surface area contributed by atoms with Gasteiger partial charge < -0.3 is 4.74 Å². The number of methoxy groups -OCH3 is 1. The first-order valence-electron chi connectivity index (χ1n) is 11.0. The fraction of sp³-hybridized carbons (Fsp3) is 0.957. The van der Waals surface area contributed by atoms with Gasteiger partial charge in [0.05, 0.1) is 6.61 Å². The Morgan fingerprint density at radius 2 is 1.72 bits per heavy atom. The van der Waals surface area contributed by atoms with E-state index in [1.807, 2.05) is 0 Å². The molecule has 0 aliphatic heterocycles. The Morgan fingerprint density at radius 3 is 2.52 bits per heavy atom. The monoisotopic (exact) mass is 346 g/mol. The molecule has 0 N–H and O–H groups in total. The van der Waals surface area contributed by atoms with Crippen molar-refractivity contribution in [3.63, 3.8) is 0 Å². The molecule has 0 heterocycles. The molecule has 25 heavy (non-hydrogen) atoms.